The molecule has 4 aromatic heterocycles. The molecule has 0 aliphatic carbocycles. The fraction of sp³-hybridized carbons (Fsp3) is 0.190. The third-order valence-corrected chi connectivity index (χ3v) is 5.69. The lowest BCUT2D eigenvalue weighted by Gasteiger charge is -2.08. The number of nitrogens with zero attached hydrogens (tertiary/aromatic N) is 7. The number of imidazole rings is 1. The van der Waals surface area contributed by atoms with Crippen LogP contribution in [0.5, 0.6) is 5.88 Å². The second-order valence-electron chi connectivity index (χ2n) is 6.64. The molecule has 5 rings (SSSR count). The zero-order valence-electron chi connectivity index (χ0n) is 16.6. The molecular weight excluding hydrogens is 398 g/mol. The van der Waals surface area contributed by atoms with Gasteiger partial charge in [0.2, 0.25) is 5.88 Å². The highest BCUT2D eigenvalue weighted by atomic mass is 32.1. The van der Waals surface area contributed by atoms with E-state index < -0.39 is 0 Å². The molecule has 150 valence electrons. The molecule has 1 aromatic carbocycles. The van der Waals surface area contributed by atoms with E-state index in [-0.39, 0.29) is 6.61 Å². The Morgan fingerprint density at radius 3 is 2.70 bits per heavy atom. The topological polar surface area (TPSA) is 83.0 Å². The molecule has 0 N–H and O–H groups in total. The van der Waals surface area contributed by atoms with Crippen LogP contribution in [0.15, 0.2) is 54.2 Å². The zero-order chi connectivity index (χ0) is 20.5. The summed E-state index contributed by atoms with van der Waals surface area (Å²) in [5.74, 6) is 2.02. The van der Waals surface area contributed by atoms with Crippen molar-refractivity contribution in [2.75, 3.05) is 0 Å². The fourth-order valence-electron chi connectivity index (χ4n) is 3.40. The molecular formula is C21H19N7OS. The molecule has 8 nitrogen and oxygen atoms in total. The molecule has 4 heterocycles. The molecule has 0 amide bonds. The third kappa shape index (κ3) is 3.13. The zero-order valence-corrected chi connectivity index (χ0v) is 17.4. The van der Waals surface area contributed by atoms with Crippen LogP contribution in [0.4, 0.5) is 0 Å². The summed E-state index contributed by atoms with van der Waals surface area (Å²) in [6.07, 6.45) is 1.54. The molecule has 0 radical (unpaired) electrons. The maximum atomic E-state index is 6.17. The number of thiophene rings is 1. The van der Waals surface area contributed by atoms with E-state index in [1.54, 1.807) is 11.3 Å². The maximum Gasteiger partial charge on any atom is 0.242 e. The van der Waals surface area contributed by atoms with Gasteiger partial charge in [-0.1, -0.05) is 36.4 Å². The van der Waals surface area contributed by atoms with Crippen molar-refractivity contribution in [1.29, 1.82) is 0 Å². The first-order valence-corrected chi connectivity index (χ1v) is 10.5. The molecule has 0 aliphatic rings. The number of hydrogen-bond donors (Lipinski definition) is 0. The first-order chi connectivity index (χ1) is 14.8. The van der Waals surface area contributed by atoms with Gasteiger partial charge in [0.25, 0.3) is 0 Å². The molecule has 9 heteroatoms. The van der Waals surface area contributed by atoms with E-state index >= 15 is 0 Å². The van der Waals surface area contributed by atoms with Crippen molar-refractivity contribution >= 4 is 17.0 Å². The minimum absolute atomic E-state index is 0.274. The highest BCUT2D eigenvalue weighted by Crippen LogP contribution is 2.37. The minimum atomic E-state index is 0.274. The Morgan fingerprint density at radius 1 is 1.07 bits per heavy atom. The van der Waals surface area contributed by atoms with Crippen molar-refractivity contribution in [3.8, 4) is 27.7 Å². The Labute approximate surface area is 176 Å². The summed E-state index contributed by atoms with van der Waals surface area (Å²) in [6.45, 7) is 4.95. The third-order valence-electron chi connectivity index (χ3n) is 4.81. The molecule has 30 heavy (non-hydrogen) atoms. The van der Waals surface area contributed by atoms with Crippen molar-refractivity contribution in [3.05, 3.63) is 65.8 Å². The highest BCUT2D eigenvalue weighted by molar-refractivity contribution is 7.13. The van der Waals surface area contributed by atoms with E-state index in [0.717, 1.165) is 34.3 Å². The van der Waals surface area contributed by atoms with E-state index in [4.69, 9.17) is 9.72 Å². The Bertz CT molecular complexity index is 1290. The minimum Gasteiger partial charge on any atom is -0.468 e. The van der Waals surface area contributed by atoms with Gasteiger partial charge in [-0.25, -0.2) is 9.67 Å². The van der Waals surface area contributed by atoms with Gasteiger partial charge < -0.3 is 4.74 Å². The summed E-state index contributed by atoms with van der Waals surface area (Å²) in [4.78, 5) is 10.2. The number of rotatable bonds is 6. The van der Waals surface area contributed by atoms with Crippen LogP contribution in [0, 0.1) is 6.92 Å². The van der Waals surface area contributed by atoms with Gasteiger partial charge in [0, 0.05) is 12.1 Å². The fourth-order valence-corrected chi connectivity index (χ4v) is 4.15. The van der Waals surface area contributed by atoms with E-state index in [0.29, 0.717) is 17.2 Å². The van der Waals surface area contributed by atoms with E-state index in [1.165, 1.54) is 6.33 Å². The van der Waals surface area contributed by atoms with E-state index in [2.05, 4.69) is 26.3 Å². The second-order valence-corrected chi connectivity index (χ2v) is 7.59. The average molecular weight is 417 g/mol. The lowest BCUT2D eigenvalue weighted by atomic mass is 10.1. The van der Waals surface area contributed by atoms with Crippen LogP contribution < -0.4 is 4.74 Å². The summed E-state index contributed by atoms with van der Waals surface area (Å²) >= 11 is 1.63. The van der Waals surface area contributed by atoms with Crippen molar-refractivity contribution in [1.82, 2.24) is 34.3 Å². The van der Waals surface area contributed by atoms with Crippen LogP contribution in [0.2, 0.25) is 0 Å². The monoisotopic (exact) mass is 417 g/mol. The molecule has 0 spiro atoms. The summed E-state index contributed by atoms with van der Waals surface area (Å²) < 4.78 is 10.00. The van der Waals surface area contributed by atoms with Gasteiger partial charge in [-0.15, -0.1) is 21.5 Å². The van der Waals surface area contributed by atoms with Crippen molar-refractivity contribution < 1.29 is 4.74 Å². The summed E-state index contributed by atoms with van der Waals surface area (Å²) in [5.41, 5.74) is 3.25. The first kappa shape index (κ1) is 18.4. The Morgan fingerprint density at radius 2 is 1.93 bits per heavy atom. The number of benzene rings is 1. The van der Waals surface area contributed by atoms with Gasteiger partial charge in [0.15, 0.2) is 11.5 Å². The SMILES string of the molecule is CCn1ncnc1COc1nc2c(-c3ccccc3)nnc(C)n2c1-c1cccs1. The predicted molar refractivity (Wildman–Crippen MR) is 114 cm³/mol. The normalized spacial score (nSPS) is 11.3. The van der Waals surface area contributed by atoms with Crippen molar-refractivity contribution in [2.45, 2.75) is 27.0 Å². The summed E-state index contributed by atoms with van der Waals surface area (Å²) in [6, 6.07) is 14.0. The number of aryl methyl sites for hydroxylation is 2. The molecule has 0 bridgehead atoms. The Hall–Kier alpha value is -3.59. The van der Waals surface area contributed by atoms with Crippen LogP contribution in [0.1, 0.15) is 18.6 Å². The van der Waals surface area contributed by atoms with Crippen molar-refractivity contribution in [3.63, 3.8) is 0 Å². The Balaban J connectivity index is 1.68. The molecule has 0 unspecified atom stereocenters. The van der Waals surface area contributed by atoms with E-state index in [9.17, 15) is 0 Å². The van der Waals surface area contributed by atoms with Crippen LogP contribution in [-0.2, 0) is 13.2 Å². The van der Waals surface area contributed by atoms with Gasteiger partial charge in [-0.2, -0.15) is 10.1 Å². The average Bonchev–Trinajstić information content (AvgIpc) is 3.52. The quantitative estimate of drug-likeness (QED) is 0.415. The molecule has 0 saturated carbocycles. The lowest BCUT2D eigenvalue weighted by Crippen LogP contribution is -2.07. The molecule has 5 aromatic rings. The van der Waals surface area contributed by atoms with Gasteiger partial charge in [0.05, 0.1) is 4.88 Å². The van der Waals surface area contributed by atoms with Crippen molar-refractivity contribution in [2.24, 2.45) is 0 Å². The number of ether oxygens (including phenoxy) is 1. The maximum absolute atomic E-state index is 6.17. The predicted octanol–water partition coefficient (Wildman–Crippen LogP) is 4.02. The van der Waals surface area contributed by atoms with Gasteiger partial charge in [0.1, 0.15) is 30.1 Å². The first-order valence-electron chi connectivity index (χ1n) is 9.60. The standard InChI is InChI=1S/C21H19N7OS/c1-3-27-17(22-13-23-27)12-29-21-19(16-10-7-11-30-16)28-14(2)25-26-18(20(28)24-21)15-8-5-4-6-9-15/h4-11,13H,3,12H2,1-2H3. The summed E-state index contributed by atoms with van der Waals surface area (Å²) in [7, 11) is 0. The number of hydrogen-bond acceptors (Lipinski definition) is 7. The lowest BCUT2D eigenvalue weighted by molar-refractivity contribution is 0.279. The van der Waals surface area contributed by atoms with Crippen LogP contribution >= 0.6 is 11.3 Å². The smallest absolute Gasteiger partial charge is 0.242 e. The number of aromatic nitrogens is 7. The second kappa shape index (κ2) is 7.68. The molecule has 0 fully saturated rings. The van der Waals surface area contributed by atoms with E-state index in [1.807, 2.05) is 64.7 Å². The van der Waals surface area contributed by atoms with Crippen LogP contribution in [0.3, 0.4) is 0 Å². The van der Waals surface area contributed by atoms with Gasteiger partial charge in [-0.05, 0) is 25.3 Å². The summed E-state index contributed by atoms with van der Waals surface area (Å²) in [5, 5.41) is 15.1. The van der Waals surface area contributed by atoms with Gasteiger partial charge in [-0.3, -0.25) is 4.40 Å². The highest BCUT2D eigenvalue weighted by Gasteiger charge is 2.22. The molecule has 0 aliphatic heterocycles. The molecule has 0 saturated heterocycles. The molecule has 0 atom stereocenters. The Kier molecular flexibility index (Phi) is 4.72. The van der Waals surface area contributed by atoms with Gasteiger partial charge >= 0.3 is 0 Å². The van der Waals surface area contributed by atoms with Crippen LogP contribution in [-0.4, -0.2) is 34.3 Å². The largest absolute Gasteiger partial charge is 0.468 e. The van der Waals surface area contributed by atoms with Crippen LogP contribution in [0.25, 0.3) is 27.5 Å². The number of fused-ring (bicyclic) bond motifs is 1.